The van der Waals surface area contributed by atoms with E-state index in [9.17, 15) is 15.0 Å². The van der Waals surface area contributed by atoms with Gasteiger partial charge in [-0.05, 0) is 56.6 Å². The predicted octanol–water partition coefficient (Wildman–Crippen LogP) is 4.10. The number of carbonyl (C=O) groups excluding carboxylic acids is 1. The smallest absolute Gasteiger partial charge is 0.331 e. The number of rotatable bonds is 8. The molecule has 1 aliphatic heterocycles. The van der Waals surface area contributed by atoms with Crippen LogP contribution in [0.3, 0.4) is 0 Å². The predicted molar refractivity (Wildman–Crippen MR) is 153 cm³/mol. The average molecular weight is 550 g/mol. The standard InChI is InChI=1S/C30H39N5O5/c1-18(11-12-21-20(3)10-7-13-30(21,4)5)8-6-9-19(2)14-24(37)40-27-26(38)23(16-36)39-29(27)35-17-32-25-22(31)15-33-34-28(25)35/h6,8-9,11-12,14-15,17,23,26-27,29,36,38H,7,10,13,16H2,1-5H3,(H2,31,34)/b9-6+,12-11+,18-8+,19-14+/t23-,26-,27+,29-/m1/s1. The summed E-state index contributed by atoms with van der Waals surface area (Å²) >= 11 is 0. The second-order valence-corrected chi connectivity index (χ2v) is 11.2. The summed E-state index contributed by atoms with van der Waals surface area (Å²) in [6, 6.07) is 0. The van der Waals surface area contributed by atoms with Crippen molar-refractivity contribution in [3.63, 3.8) is 0 Å². The van der Waals surface area contributed by atoms with Crippen molar-refractivity contribution in [1.29, 1.82) is 0 Å². The first kappa shape index (κ1) is 29.4. The van der Waals surface area contributed by atoms with Crippen LogP contribution in [-0.2, 0) is 14.3 Å². The van der Waals surface area contributed by atoms with E-state index in [1.807, 2.05) is 25.2 Å². The van der Waals surface area contributed by atoms with Crippen LogP contribution >= 0.6 is 0 Å². The van der Waals surface area contributed by atoms with Crippen LogP contribution in [0.15, 0.2) is 71.3 Å². The first-order chi connectivity index (χ1) is 19.0. The van der Waals surface area contributed by atoms with Gasteiger partial charge in [-0.1, -0.05) is 55.4 Å². The van der Waals surface area contributed by atoms with Crippen molar-refractivity contribution in [3.8, 4) is 0 Å². The number of allylic oxidation sites excluding steroid dienone is 9. The van der Waals surface area contributed by atoms with Crippen LogP contribution in [0.2, 0.25) is 0 Å². The molecule has 0 unspecified atom stereocenters. The summed E-state index contributed by atoms with van der Waals surface area (Å²) in [7, 11) is 0. The van der Waals surface area contributed by atoms with Crippen LogP contribution < -0.4 is 5.73 Å². The van der Waals surface area contributed by atoms with Crippen molar-refractivity contribution >= 4 is 22.8 Å². The van der Waals surface area contributed by atoms with Gasteiger partial charge >= 0.3 is 5.97 Å². The molecule has 0 saturated carbocycles. The highest BCUT2D eigenvalue weighted by molar-refractivity contribution is 5.84. The molecular weight excluding hydrogens is 510 g/mol. The Morgan fingerprint density at radius 1 is 1.30 bits per heavy atom. The van der Waals surface area contributed by atoms with Crippen LogP contribution in [-0.4, -0.2) is 60.8 Å². The van der Waals surface area contributed by atoms with Crippen molar-refractivity contribution in [3.05, 3.63) is 71.3 Å². The number of nitrogens with zero attached hydrogens (tertiary/aromatic N) is 4. The Bertz CT molecular complexity index is 1400. The third-order valence-electron chi connectivity index (χ3n) is 7.53. The molecule has 2 aliphatic rings. The van der Waals surface area contributed by atoms with Crippen molar-refractivity contribution in [2.75, 3.05) is 12.3 Å². The van der Waals surface area contributed by atoms with Gasteiger partial charge in [-0.15, -0.1) is 5.10 Å². The van der Waals surface area contributed by atoms with Gasteiger partial charge in [-0.2, -0.15) is 5.10 Å². The molecule has 4 N–H and O–H groups in total. The molecule has 3 heterocycles. The van der Waals surface area contributed by atoms with Crippen molar-refractivity contribution in [1.82, 2.24) is 19.7 Å². The number of aliphatic hydroxyl groups is 2. The molecule has 0 spiro atoms. The number of nitrogens with two attached hydrogens (primary N) is 1. The van der Waals surface area contributed by atoms with Gasteiger partial charge in [0.25, 0.3) is 0 Å². The number of anilines is 1. The van der Waals surface area contributed by atoms with Crippen LogP contribution in [0.5, 0.6) is 0 Å². The Kier molecular flexibility index (Phi) is 9.02. The van der Waals surface area contributed by atoms with Gasteiger partial charge in [-0.25, -0.2) is 9.78 Å². The molecule has 10 nitrogen and oxygen atoms in total. The van der Waals surface area contributed by atoms with E-state index in [4.69, 9.17) is 15.2 Å². The molecule has 1 aliphatic carbocycles. The molecule has 0 amide bonds. The van der Waals surface area contributed by atoms with E-state index in [1.54, 1.807) is 6.92 Å². The molecule has 1 saturated heterocycles. The van der Waals surface area contributed by atoms with E-state index >= 15 is 0 Å². The molecule has 0 bridgehead atoms. The first-order valence-electron chi connectivity index (χ1n) is 13.5. The second kappa shape index (κ2) is 12.3. The van der Waals surface area contributed by atoms with Crippen LogP contribution in [0.4, 0.5) is 5.69 Å². The quantitative estimate of drug-likeness (QED) is 0.252. The molecule has 214 valence electrons. The van der Waals surface area contributed by atoms with Gasteiger partial charge in [0.15, 0.2) is 18.0 Å². The van der Waals surface area contributed by atoms with Crippen LogP contribution in [0, 0.1) is 5.41 Å². The molecule has 1 fully saturated rings. The maximum atomic E-state index is 12.8. The fourth-order valence-electron chi connectivity index (χ4n) is 5.30. The topological polar surface area (TPSA) is 146 Å². The number of imidazole rings is 1. The van der Waals surface area contributed by atoms with Crippen molar-refractivity contribution < 1.29 is 24.5 Å². The zero-order valence-electron chi connectivity index (χ0n) is 23.7. The fourth-order valence-corrected chi connectivity index (χ4v) is 5.30. The molecule has 0 radical (unpaired) electrons. The number of hydrogen-bond donors (Lipinski definition) is 3. The normalized spacial score (nSPS) is 26.0. The average Bonchev–Trinajstić information content (AvgIpc) is 3.45. The largest absolute Gasteiger partial charge is 0.451 e. The van der Waals surface area contributed by atoms with Crippen molar-refractivity contribution in [2.45, 2.75) is 78.4 Å². The van der Waals surface area contributed by atoms with E-state index in [1.165, 1.54) is 47.2 Å². The van der Waals surface area contributed by atoms with E-state index in [0.717, 1.165) is 12.0 Å². The third-order valence-corrected chi connectivity index (χ3v) is 7.53. The lowest BCUT2D eigenvalue weighted by Gasteiger charge is -2.32. The molecule has 4 atom stereocenters. The molecular formula is C30H39N5O5. The lowest BCUT2D eigenvalue weighted by atomic mass is 9.72. The minimum Gasteiger partial charge on any atom is -0.451 e. The highest BCUT2D eigenvalue weighted by Gasteiger charge is 2.47. The SMILES string of the molecule is CC1=C(/C=C/C(C)=C/C=C/C(C)=C/C(=O)O[C@H]2[C@H](O)[C@@H](CO)O[C@H]2n2cnc3c(N)cnnc32)C(C)(C)CCC1. The molecule has 0 aromatic carbocycles. The summed E-state index contributed by atoms with van der Waals surface area (Å²) in [4.78, 5) is 17.0. The summed E-state index contributed by atoms with van der Waals surface area (Å²) in [6.45, 7) is 10.2. The van der Waals surface area contributed by atoms with Gasteiger partial charge in [0.05, 0.1) is 24.8 Å². The summed E-state index contributed by atoms with van der Waals surface area (Å²) in [5.41, 5.74) is 11.8. The molecule has 4 rings (SSSR count). The van der Waals surface area contributed by atoms with E-state index < -0.39 is 37.1 Å². The van der Waals surface area contributed by atoms with E-state index in [-0.39, 0.29) is 5.41 Å². The Labute approximate surface area is 234 Å². The number of fused-ring (bicyclic) bond motifs is 1. The maximum Gasteiger partial charge on any atom is 0.331 e. The Balaban J connectivity index is 1.44. The summed E-state index contributed by atoms with van der Waals surface area (Å²) in [5, 5.41) is 28.3. The number of aliphatic hydroxyl groups excluding tert-OH is 2. The zero-order chi connectivity index (χ0) is 29.0. The van der Waals surface area contributed by atoms with Gasteiger partial charge in [0.1, 0.15) is 17.7 Å². The maximum absolute atomic E-state index is 12.8. The van der Waals surface area contributed by atoms with Gasteiger partial charge in [0.2, 0.25) is 0 Å². The number of ether oxygens (including phenoxy) is 2. The lowest BCUT2D eigenvalue weighted by molar-refractivity contribution is -0.152. The molecule has 40 heavy (non-hydrogen) atoms. The second-order valence-electron chi connectivity index (χ2n) is 11.2. The summed E-state index contributed by atoms with van der Waals surface area (Å²) in [5.74, 6) is -0.657. The molecule has 10 heteroatoms. The summed E-state index contributed by atoms with van der Waals surface area (Å²) in [6.07, 6.45) is 13.4. The minimum atomic E-state index is -1.26. The Morgan fingerprint density at radius 2 is 2.08 bits per heavy atom. The third kappa shape index (κ3) is 6.41. The zero-order valence-corrected chi connectivity index (χ0v) is 23.7. The Morgan fingerprint density at radius 3 is 2.80 bits per heavy atom. The fraction of sp³-hybridized carbons (Fsp3) is 0.467. The van der Waals surface area contributed by atoms with E-state index in [2.05, 4.69) is 48.1 Å². The van der Waals surface area contributed by atoms with Crippen molar-refractivity contribution in [2.24, 2.45) is 5.41 Å². The van der Waals surface area contributed by atoms with Gasteiger partial charge in [0, 0.05) is 6.08 Å². The number of nitrogen functional groups attached to an aromatic ring is 1. The first-order valence-corrected chi connectivity index (χ1v) is 13.5. The highest BCUT2D eigenvalue weighted by atomic mass is 16.6. The van der Waals surface area contributed by atoms with Crippen LogP contribution in [0.1, 0.15) is 60.1 Å². The van der Waals surface area contributed by atoms with Crippen LogP contribution in [0.25, 0.3) is 11.2 Å². The summed E-state index contributed by atoms with van der Waals surface area (Å²) < 4.78 is 12.9. The monoisotopic (exact) mass is 549 g/mol. The lowest BCUT2D eigenvalue weighted by Crippen LogP contribution is -2.36. The molecule has 2 aromatic rings. The number of aromatic nitrogens is 4. The van der Waals surface area contributed by atoms with Gasteiger partial charge < -0.3 is 25.4 Å². The van der Waals surface area contributed by atoms with Gasteiger partial charge in [-0.3, -0.25) is 4.57 Å². The van der Waals surface area contributed by atoms with E-state index in [0.29, 0.717) is 22.4 Å². The number of hydrogen-bond acceptors (Lipinski definition) is 9. The number of carbonyl (C=O) groups is 1. The number of esters is 1. The Hall–Kier alpha value is -3.60. The highest BCUT2D eigenvalue weighted by Crippen LogP contribution is 2.41. The minimum absolute atomic E-state index is 0.189. The molecule has 2 aromatic heterocycles.